The van der Waals surface area contributed by atoms with E-state index in [1.54, 1.807) is 0 Å². The molecule has 0 radical (unpaired) electrons. The predicted octanol–water partition coefficient (Wildman–Crippen LogP) is -0.0870. The lowest BCUT2D eigenvalue weighted by Gasteiger charge is -2.01. The van der Waals surface area contributed by atoms with Crippen molar-refractivity contribution in [1.29, 1.82) is 0 Å². The van der Waals surface area contributed by atoms with Crippen molar-refractivity contribution in [3.8, 4) is 0 Å². The summed E-state index contributed by atoms with van der Waals surface area (Å²) in [7, 11) is 0. The Hall–Kier alpha value is -0.570. The van der Waals surface area contributed by atoms with Crippen LogP contribution in [0.3, 0.4) is 0 Å². The van der Waals surface area contributed by atoms with Gasteiger partial charge in [0.2, 0.25) is 0 Å². The predicted molar refractivity (Wildman–Crippen MR) is 43.2 cm³/mol. The van der Waals surface area contributed by atoms with Crippen LogP contribution in [-0.4, -0.2) is 25.7 Å². The van der Waals surface area contributed by atoms with Gasteiger partial charge in [-0.3, -0.25) is 4.79 Å². The highest BCUT2D eigenvalue weighted by Gasteiger charge is 1.99. The topological polar surface area (TPSA) is 42.9 Å². The van der Waals surface area contributed by atoms with Crippen molar-refractivity contribution in [1.82, 2.24) is 0 Å². The van der Waals surface area contributed by atoms with Crippen molar-refractivity contribution in [3.05, 3.63) is 0 Å². The molecule has 0 unspecified atom stereocenters. The second-order valence-electron chi connectivity index (χ2n) is 2.46. The number of ether oxygens (including phenoxy) is 1. The molecule has 3 nitrogen and oxygen atoms in total. The molecule has 0 aromatic carbocycles. The first-order valence-corrected chi connectivity index (χ1v) is 4.28. The van der Waals surface area contributed by atoms with E-state index in [4.69, 9.17) is 4.74 Å². The molecule has 0 heterocycles. The van der Waals surface area contributed by atoms with Crippen LogP contribution in [0.4, 0.5) is 0 Å². The van der Waals surface area contributed by atoms with Crippen LogP contribution >= 0.6 is 0 Å². The third-order valence-corrected chi connectivity index (χ3v) is 1.33. The number of hydrogen-bond acceptors (Lipinski definition) is 2. The van der Waals surface area contributed by atoms with Gasteiger partial charge in [0.05, 0.1) is 6.54 Å². The zero-order chi connectivity index (χ0) is 8.53. The van der Waals surface area contributed by atoms with Gasteiger partial charge in [-0.05, 0) is 13.3 Å². The zero-order valence-corrected chi connectivity index (χ0v) is 7.43. The summed E-state index contributed by atoms with van der Waals surface area (Å²) in [5, 5.41) is 2.11. The molecule has 0 rings (SSSR count). The fourth-order valence-corrected chi connectivity index (χ4v) is 0.737. The molecule has 0 fully saturated rings. The zero-order valence-electron chi connectivity index (χ0n) is 7.43. The van der Waals surface area contributed by atoms with Crippen molar-refractivity contribution in [2.24, 2.45) is 0 Å². The Kier molecular flexibility index (Phi) is 7.15. The van der Waals surface area contributed by atoms with Crippen molar-refractivity contribution in [2.75, 3.05) is 19.7 Å². The summed E-state index contributed by atoms with van der Waals surface area (Å²) in [6, 6.07) is 0. The van der Waals surface area contributed by atoms with Gasteiger partial charge in [0.15, 0.2) is 0 Å². The van der Waals surface area contributed by atoms with Crippen molar-refractivity contribution in [2.45, 2.75) is 26.7 Å². The van der Waals surface area contributed by atoms with E-state index < -0.39 is 0 Å². The van der Waals surface area contributed by atoms with E-state index in [1.165, 1.54) is 0 Å². The van der Waals surface area contributed by atoms with Crippen molar-refractivity contribution < 1.29 is 14.8 Å². The molecule has 2 N–H and O–H groups in total. The molecule has 0 aromatic heterocycles. The minimum Gasteiger partial charge on any atom is -0.460 e. The largest absolute Gasteiger partial charge is 0.460 e. The minimum absolute atomic E-state index is 0.0722. The fourth-order valence-electron chi connectivity index (χ4n) is 0.737. The Morgan fingerprint density at radius 3 is 2.73 bits per heavy atom. The number of carbonyl (C=O) groups excluding carboxylic acids is 1. The molecule has 0 atom stereocenters. The van der Waals surface area contributed by atoms with Crippen molar-refractivity contribution in [3.63, 3.8) is 0 Å². The summed E-state index contributed by atoms with van der Waals surface area (Å²) in [5.74, 6) is -0.0722. The van der Waals surface area contributed by atoms with Crippen LogP contribution in [0.25, 0.3) is 0 Å². The lowest BCUT2D eigenvalue weighted by Crippen LogP contribution is -2.84. The summed E-state index contributed by atoms with van der Waals surface area (Å²) in [4.78, 5) is 10.8. The first-order valence-electron chi connectivity index (χ1n) is 4.28. The smallest absolute Gasteiger partial charge is 0.305 e. The number of hydrogen-bond donors (Lipinski definition) is 1. The summed E-state index contributed by atoms with van der Waals surface area (Å²) in [6.07, 6.45) is 1.42. The molecule has 0 saturated heterocycles. The van der Waals surface area contributed by atoms with Crippen LogP contribution in [0.2, 0.25) is 0 Å². The Labute approximate surface area is 68.1 Å². The Bertz CT molecular complexity index is 104. The highest BCUT2D eigenvalue weighted by atomic mass is 16.5. The molecule has 0 amide bonds. The molecular formula is C8H18NO2+. The van der Waals surface area contributed by atoms with Gasteiger partial charge >= 0.3 is 5.97 Å². The standard InChI is InChI=1S/C8H17NO2/c1-3-5-8(10)11-7-6-9-4-2/h9H,3-7H2,1-2H3/p+1. The third-order valence-electron chi connectivity index (χ3n) is 1.33. The number of rotatable bonds is 6. The Morgan fingerprint density at radius 1 is 1.45 bits per heavy atom. The van der Waals surface area contributed by atoms with Crippen LogP contribution in [0.5, 0.6) is 0 Å². The van der Waals surface area contributed by atoms with E-state index in [1.807, 2.05) is 6.92 Å². The number of quaternary nitrogens is 1. The number of carbonyl (C=O) groups is 1. The second kappa shape index (κ2) is 7.54. The summed E-state index contributed by atoms with van der Waals surface area (Å²) in [6.45, 7) is 6.53. The number of likely N-dealkylation sites (N-methyl/N-ethyl adjacent to an activating group) is 1. The van der Waals surface area contributed by atoms with Crippen molar-refractivity contribution >= 4 is 5.97 Å². The van der Waals surface area contributed by atoms with Crippen LogP contribution in [-0.2, 0) is 9.53 Å². The quantitative estimate of drug-likeness (QED) is 0.436. The maximum atomic E-state index is 10.8. The number of nitrogens with two attached hydrogens (primary N) is 1. The van der Waals surface area contributed by atoms with E-state index in [-0.39, 0.29) is 5.97 Å². The monoisotopic (exact) mass is 160 g/mol. The van der Waals surface area contributed by atoms with Crippen LogP contribution in [0.1, 0.15) is 26.7 Å². The molecule has 66 valence electrons. The van der Waals surface area contributed by atoms with Gasteiger partial charge in [-0.25, -0.2) is 0 Å². The van der Waals surface area contributed by atoms with E-state index >= 15 is 0 Å². The normalized spacial score (nSPS) is 9.64. The molecule has 3 heteroatoms. The summed E-state index contributed by atoms with van der Waals surface area (Å²) >= 11 is 0. The molecule has 0 bridgehead atoms. The minimum atomic E-state index is -0.0722. The Balaban J connectivity index is 3.04. The van der Waals surface area contributed by atoms with Gasteiger partial charge in [-0.1, -0.05) is 6.92 Å². The molecule has 0 aliphatic rings. The maximum Gasteiger partial charge on any atom is 0.305 e. The molecule has 0 saturated carbocycles. The average molecular weight is 160 g/mol. The molecule has 0 aliphatic carbocycles. The first-order chi connectivity index (χ1) is 5.31. The number of esters is 1. The van der Waals surface area contributed by atoms with E-state index in [0.29, 0.717) is 13.0 Å². The molecule has 11 heavy (non-hydrogen) atoms. The lowest BCUT2D eigenvalue weighted by atomic mass is 10.3. The van der Waals surface area contributed by atoms with E-state index in [2.05, 4.69) is 12.2 Å². The van der Waals surface area contributed by atoms with Crippen LogP contribution < -0.4 is 5.32 Å². The van der Waals surface area contributed by atoms with Crippen LogP contribution in [0.15, 0.2) is 0 Å². The first kappa shape index (κ1) is 10.4. The highest BCUT2D eigenvalue weighted by molar-refractivity contribution is 5.69. The lowest BCUT2D eigenvalue weighted by molar-refractivity contribution is -0.652. The van der Waals surface area contributed by atoms with Gasteiger partial charge in [0.1, 0.15) is 13.2 Å². The second-order valence-corrected chi connectivity index (χ2v) is 2.46. The highest BCUT2D eigenvalue weighted by Crippen LogP contribution is 1.89. The van der Waals surface area contributed by atoms with E-state index in [9.17, 15) is 4.79 Å². The maximum absolute atomic E-state index is 10.8. The van der Waals surface area contributed by atoms with Gasteiger partial charge in [0.25, 0.3) is 0 Å². The molecule has 0 spiro atoms. The van der Waals surface area contributed by atoms with Gasteiger partial charge in [-0.15, -0.1) is 0 Å². The molecule has 0 aliphatic heterocycles. The fraction of sp³-hybridized carbons (Fsp3) is 0.875. The molecular weight excluding hydrogens is 142 g/mol. The molecule has 0 aromatic rings. The van der Waals surface area contributed by atoms with Gasteiger partial charge in [-0.2, -0.15) is 0 Å². The Morgan fingerprint density at radius 2 is 2.18 bits per heavy atom. The third kappa shape index (κ3) is 7.33. The van der Waals surface area contributed by atoms with Gasteiger partial charge < -0.3 is 10.1 Å². The summed E-state index contributed by atoms with van der Waals surface area (Å²) in [5.41, 5.74) is 0. The average Bonchev–Trinajstić information content (AvgIpc) is 1.99. The summed E-state index contributed by atoms with van der Waals surface area (Å²) < 4.78 is 4.91. The van der Waals surface area contributed by atoms with E-state index in [0.717, 1.165) is 19.5 Å². The van der Waals surface area contributed by atoms with Crippen LogP contribution in [0, 0.1) is 0 Å². The van der Waals surface area contributed by atoms with Gasteiger partial charge in [0, 0.05) is 6.42 Å². The SMILES string of the molecule is CCCC(=O)OCC[NH2+]CC.